The molecular weight excluding hydrogens is 431 g/mol. The van der Waals surface area contributed by atoms with Crippen molar-refractivity contribution in [1.82, 2.24) is 0 Å². The molecule has 3 aromatic carbocycles. The molecule has 158 valence electrons. The van der Waals surface area contributed by atoms with Crippen molar-refractivity contribution < 1.29 is 9.47 Å². The van der Waals surface area contributed by atoms with E-state index in [1.165, 1.54) is 0 Å². The SMILES string of the molecule is COc1ccc(/C=C/C2=NN(c3ccc(Cl)cc3Cl)[C@H](c3ccc(OC)cc3)C2)cc1. The molecule has 6 heteroatoms. The molecule has 0 saturated carbocycles. The Morgan fingerprint density at radius 3 is 2.13 bits per heavy atom. The molecule has 1 aliphatic rings. The zero-order chi connectivity index (χ0) is 21.8. The van der Waals surface area contributed by atoms with Crippen LogP contribution in [0.1, 0.15) is 23.6 Å². The van der Waals surface area contributed by atoms with Gasteiger partial charge in [0.25, 0.3) is 0 Å². The summed E-state index contributed by atoms with van der Waals surface area (Å²) in [4.78, 5) is 0. The van der Waals surface area contributed by atoms with Gasteiger partial charge in [0.05, 0.1) is 36.7 Å². The molecule has 1 atom stereocenters. The van der Waals surface area contributed by atoms with Gasteiger partial charge in [-0.05, 0) is 59.7 Å². The molecule has 0 spiro atoms. The first kappa shape index (κ1) is 21.3. The molecular formula is C25H22Cl2N2O2. The van der Waals surface area contributed by atoms with Crippen molar-refractivity contribution >= 4 is 40.7 Å². The second-order valence-electron chi connectivity index (χ2n) is 7.13. The van der Waals surface area contributed by atoms with Crippen LogP contribution in [0.3, 0.4) is 0 Å². The van der Waals surface area contributed by atoms with E-state index in [-0.39, 0.29) is 6.04 Å². The number of hydrogen-bond donors (Lipinski definition) is 0. The van der Waals surface area contributed by atoms with Crippen molar-refractivity contribution in [2.24, 2.45) is 5.10 Å². The van der Waals surface area contributed by atoms with Crippen LogP contribution in [0, 0.1) is 0 Å². The zero-order valence-corrected chi connectivity index (χ0v) is 18.8. The number of nitrogens with zero attached hydrogens (tertiary/aromatic N) is 2. The van der Waals surface area contributed by atoms with E-state index < -0.39 is 0 Å². The number of allylic oxidation sites excluding steroid dienone is 1. The highest BCUT2D eigenvalue weighted by atomic mass is 35.5. The van der Waals surface area contributed by atoms with E-state index in [1.54, 1.807) is 20.3 Å². The molecule has 1 heterocycles. The monoisotopic (exact) mass is 452 g/mol. The van der Waals surface area contributed by atoms with Crippen molar-refractivity contribution in [2.75, 3.05) is 19.2 Å². The van der Waals surface area contributed by atoms with Gasteiger partial charge in [-0.1, -0.05) is 53.5 Å². The summed E-state index contributed by atoms with van der Waals surface area (Å²) in [5.41, 5.74) is 3.98. The first-order valence-corrected chi connectivity index (χ1v) is 10.6. The summed E-state index contributed by atoms with van der Waals surface area (Å²) in [6, 6.07) is 21.4. The summed E-state index contributed by atoms with van der Waals surface area (Å²) in [7, 11) is 3.32. The number of methoxy groups -OCH3 is 2. The maximum atomic E-state index is 6.51. The first-order valence-electron chi connectivity index (χ1n) is 9.85. The fraction of sp³-hybridized carbons (Fsp3) is 0.160. The van der Waals surface area contributed by atoms with Crippen molar-refractivity contribution in [1.29, 1.82) is 0 Å². The molecule has 0 aliphatic carbocycles. The van der Waals surface area contributed by atoms with Gasteiger partial charge in [0, 0.05) is 11.4 Å². The average Bonchev–Trinajstić information content (AvgIpc) is 3.22. The van der Waals surface area contributed by atoms with Gasteiger partial charge in [0.1, 0.15) is 11.5 Å². The second-order valence-corrected chi connectivity index (χ2v) is 7.97. The standard InChI is InChI=1S/C25H22Cl2N2O2/c1-30-21-10-4-17(5-11-21)3-9-20-16-25(18-6-12-22(31-2)13-7-18)29(28-20)24-14-8-19(26)15-23(24)27/h3-15,25H,16H2,1-2H3/b9-3+/t25-/m0/s1. The van der Waals surface area contributed by atoms with E-state index in [2.05, 4.69) is 18.2 Å². The molecule has 0 saturated heterocycles. The molecule has 0 aromatic heterocycles. The van der Waals surface area contributed by atoms with Crippen molar-refractivity contribution in [2.45, 2.75) is 12.5 Å². The average molecular weight is 453 g/mol. The molecule has 0 radical (unpaired) electrons. The van der Waals surface area contributed by atoms with Crippen LogP contribution in [-0.4, -0.2) is 19.9 Å². The van der Waals surface area contributed by atoms with Gasteiger partial charge in [0.15, 0.2) is 0 Å². The fourth-order valence-corrected chi connectivity index (χ4v) is 4.01. The predicted octanol–water partition coefficient (Wildman–Crippen LogP) is 7.03. The van der Waals surface area contributed by atoms with Crippen LogP contribution in [0.5, 0.6) is 11.5 Å². The number of rotatable bonds is 6. The Morgan fingerprint density at radius 2 is 1.52 bits per heavy atom. The van der Waals surface area contributed by atoms with Gasteiger partial charge >= 0.3 is 0 Å². The van der Waals surface area contributed by atoms with Crippen molar-refractivity contribution in [3.8, 4) is 11.5 Å². The zero-order valence-electron chi connectivity index (χ0n) is 17.3. The maximum absolute atomic E-state index is 6.51. The summed E-state index contributed by atoms with van der Waals surface area (Å²) in [6.07, 6.45) is 4.84. The quantitative estimate of drug-likeness (QED) is 0.402. The highest BCUT2D eigenvalue weighted by Gasteiger charge is 2.29. The summed E-state index contributed by atoms with van der Waals surface area (Å²) in [6.45, 7) is 0. The molecule has 1 aliphatic heterocycles. The molecule has 31 heavy (non-hydrogen) atoms. The summed E-state index contributed by atoms with van der Waals surface area (Å²) >= 11 is 12.6. The fourth-order valence-electron chi connectivity index (χ4n) is 3.52. The van der Waals surface area contributed by atoms with Gasteiger partial charge in [-0.2, -0.15) is 5.10 Å². The number of anilines is 1. The lowest BCUT2D eigenvalue weighted by Gasteiger charge is -2.25. The molecule has 4 nitrogen and oxygen atoms in total. The van der Waals surface area contributed by atoms with Crippen LogP contribution in [0.25, 0.3) is 6.08 Å². The number of benzene rings is 3. The smallest absolute Gasteiger partial charge is 0.118 e. The minimum atomic E-state index is 0.0140. The molecule has 0 fully saturated rings. The minimum Gasteiger partial charge on any atom is -0.497 e. The summed E-state index contributed by atoms with van der Waals surface area (Å²) in [5.74, 6) is 1.65. The molecule has 0 unspecified atom stereocenters. The van der Waals surface area contributed by atoms with E-state index in [0.29, 0.717) is 10.0 Å². The number of hydrogen-bond acceptors (Lipinski definition) is 4. The predicted molar refractivity (Wildman–Crippen MR) is 129 cm³/mol. The lowest BCUT2D eigenvalue weighted by molar-refractivity contribution is 0.414. The lowest BCUT2D eigenvalue weighted by atomic mass is 10.0. The molecule has 0 bridgehead atoms. The highest BCUT2D eigenvalue weighted by Crippen LogP contribution is 2.40. The van der Waals surface area contributed by atoms with Gasteiger partial charge in [-0.15, -0.1) is 0 Å². The van der Waals surface area contributed by atoms with Crippen LogP contribution in [0.2, 0.25) is 10.0 Å². The maximum Gasteiger partial charge on any atom is 0.118 e. The Balaban J connectivity index is 1.65. The van der Waals surface area contributed by atoms with E-state index >= 15 is 0 Å². The Labute approximate surface area is 192 Å². The molecule has 4 rings (SSSR count). The lowest BCUT2D eigenvalue weighted by Crippen LogP contribution is -2.18. The number of ether oxygens (including phenoxy) is 2. The second kappa shape index (κ2) is 9.46. The van der Waals surface area contributed by atoms with E-state index in [9.17, 15) is 0 Å². The Hall–Kier alpha value is -2.95. The Morgan fingerprint density at radius 1 is 0.871 bits per heavy atom. The minimum absolute atomic E-state index is 0.0140. The van der Waals surface area contributed by atoms with Crippen LogP contribution in [0.4, 0.5) is 5.69 Å². The topological polar surface area (TPSA) is 34.1 Å². The first-order chi connectivity index (χ1) is 15.1. The van der Waals surface area contributed by atoms with Gasteiger partial charge in [0.2, 0.25) is 0 Å². The van der Waals surface area contributed by atoms with Gasteiger partial charge in [-0.25, -0.2) is 0 Å². The summed E-state index contributed by atoms with van der Waals surface area (Å²) in [5, 5.41) is 8.00. The van der Waals surface area contributed by atoms with Crippen molar-refractivity contribution in [3.05, 3.63) is 94.0 Å². The van der Waals surface area contributed by atoms with Crippen LogP contribution in [-0.2, 0) is 0 Å². The Kier molecular flexibility index (Phi) is 6.50. The van der Waals surface area contributed by atoms with Gasteiger partial charge in [-0.3, -0.25) is 5.01 Å². The van der Waals surface area contributed by atoms with Crippen molar-refractivity contribution in [3.63, 3.8) is 0 Å². The van der Waals surface area contributed by atoms with Crippen LogP contribution < -0.4 is 14.5 Å². The largest absolute Gasteiger partial charge is 0.497 e. The third kappa shape index (κ3) is 4.87. The number of halogens is 2. The summed E-state index contributed by atoms with van der Waals surface area (Å²) < 4.78 is 10.5. The molecule has 0 N–H and O–H groups in total. The molecule has 3 aromatic rings. The third-order valence-electron chi connectivity index (χ3n) is 5.17. The van der Waals surface area contributed by atoms with Crippen LogP contribution >= 0.6 is 23.2 Å². The van der Waals surface area contributed by atoms with E-state index in [4.69, 9.17) is 37.8 Å². The van der Waals surface area contributed by atoms with Crippen LogP contribution in [0.15, 0.2) is 77.9 Å². The van der Waals surface area contributed by atoms with Gasteiger partial charge < -0.3 is 9.47 Å². The molecule has 0 amide bonds. The highest BCUT2D eigenvalue weighted by molar-refractivity contribution is 6.36. The Bertz CT molecular complexity index is 1110. The van der Waals surface area contributed by atoms with E-state index in [1.807, 2.05) is 59.6 Å². The normalized spacial score (nSPS) is 15.9. The third-order valence-corrected chi connectivity index (χ3v) is 5.71. The van der Waals surface area contributed by atoms with E-state index in [0.717, 1.165) is 40.4 Å². The number of hydrazone groups is 1.